The maximum absolute atomic E-state index is 10.9. The second-order valence-corrected chi connectivity index (χ2v) is 4.23. The molecule has 0 spiro atoms. The van der Waals surface area contributed by atoms with E-state index < -0.39 is 0 Å². The van der Waals surface area contributed by atoms with Crippen LogP contribution in [0, 0.1) is 5.41 Å². The molecule has 0 atom stereocenters. The lowest BCUT2D eigenvalue weighted by Gasteiger charge is -2.17. The summed E-state index contributed by atoms with van der Waals surface area (Å²) in [4.78, 5) is 10.9. The molecular weight excluding hydrogens is 152 g/mol. The molecule has 0 radical (unpaired) electrons. The van der Waals surface area contributed by atoms with Crippen LogP contribution in [-0.2, 0) is 9.53 Å². The van der Waals surface area contributed by atoms with E-state index in [4.69, 9.17) is 4.74 Å². The summed E-state index contributed by atoms with van der Waals surface area (Å²) >= 11 is 0. The predicted molar refractivity (Wildman–Crippen MR) is 49.8 cm³/mol. The van der Waals surface area contributed by atoms with Crippen molar-refractivity contribution < 1.29 is 9.53 Å². The van der Waals surface area contributed by atoms with Gasteiger partial charge in [0, 0.05) is 5.57 Å². The molecule has 0 aromatic carbocycles. The van der Waals surface area contributed by atoms with Gasteiger partial charge >= 0.3 is 5.97 Å². The number of carbonyl (C=O) groups excluding carboxylic acids is 1. The minimum atomic E-state index is -0.292. The molecule has 0 unspecified atom stereocenters. The van der Waals surface area contributed by atoms with Crippen molar-refractivity contribution in [3.63, 3.8) is 0 Å². The fourth-order valence-electron chi connectivity index (χ4n) is 0.573. The van der Waals surface area contributed by atoms with Gasteiger partial charge in [-0.1, -0.05) is 27.4 Å². The molecule has 0 amide bonds. The third-order valence-corrected chi connectivity index (χ3v) is 1.43. The van der Waals surface area contributed by atoms with E-state index in [1.807, 2.05) is 0 Å². The van der Waals surface area contributed by atoms with E-state index in [0.717, 1.165) is 6.42 Å². The Kier molecular flexibility index (Phi) is 4.01. The van der Waals surface area contributed by atoms with Crippen molar-refractivity contribution in [3.8, 4) is 0 Å². The number of hydrogen-bond acceptors (Lipinski definition) is 2. The van der Waals surface area contributed by atoms with Gasteiger partial charge in [0.2, 0.25) is 0 Å². The molecule has 0 bridgehead atoms. The van der Waals surface area contributed by atoms with E-state index in [-0.39, 0.29) is 11.4 Å². The number of hydrogen-bond donors (Lipinski definition) is 0. The standard InChI is InChI=1S/C10H18O2/c1-8(2)9(11)12-7-6-10(3,4)5/h1,6-7H2,2-5H3. The van der Waals surface area contributed by atoms with Gasteiger partial charge in [-0.05, 0) is 18.8 Å². The van der Waals surface area contributed by atoms with Gasteiger partial charge in [0.1, 0.15) is 0 Å². The molecule has 70 valence electrons. The largest absolute Gasteiger partial charge is 0.462 e. The van der Waals surface area contributed by atoms with Gasteiger partial charge in [-0.2, -0.15) is 0 Å². The van der Waals surface area contributed by atoms with Crippen LogP contribution in [-0.4, -0.2) is 12.6 Å². The third kappa shape index (κ3) is 5.96. The summed E-state index contributed by atoms with van der Waals surface area (Å²) in [5.74, 6) is -0.292. The molecule has 2 heteroatoms. The summed E-state index contributed by atoms with van der Waals surface area (Å²) in [5, 5.41) is 0. The molecule has 2 nitrogen and oxygen atoms in total. The molecule has 12 heavy (non-hydrogen) atoms. The normalized spacial score (nSPS) is 11.0. The Morgan fingerprint density at radius 2 is 1.92 bits per heavy atom. The van der Waals surface area contributed by atoms with Crippen molar-refractivity contribution in [1.82, 2.24) is 0 Å². The molecule has 0 aromatic heterocycles. The van der Waals surface area contributed by atoms with E-state index in [2.05, 4.69) is 27.4 Å². The minimum absolute atomic E-state index is 0.218. The first-order chi connectivity index (χ1) is 5.33. The van der Waals surface area contributed by atoms with Crippen LogP contribution in [0.2, 0.25) is 0 Å². The SMILES string of the molecule is C=C(C)C(=O)OCCC(C)(C)C. The van der Waals surface area contributed by atoms with Crippen LogP contribution in [0.4, 0.5) is 0 Å². The summed E-state index contributed by atoms with van der Waals surface area (Å²) in [6.45, 7) is 12.0. The molecule has 0 fully saturated rings. The highest BCUT2D eigenvalue weighted by Crippen LogP contribution is 2.18. The van der Waals surface area contributed by atoms with Gasteiger partial charge in [0.05, 0.1) is 6.61 Å². The average Bonchev–Trinajstić information content (AvgIpc) is 1.84. The van der Waals surface area contributed by atoms with E-state index in [1.54, 1.807) is 6.92 Å². The van der Waals surface area contributed by atoms with Gasteiger partial charge < -0.3 is 4.74 Å². The number of carbonyl (C=O) groups is 1. The molecule has 0 heterocycles. The highest BCUT2D eigenvalue weighted by atomic mass is 16.5. The van der Waals surface area contributed by atoms with Crippen LogP contribution in [0.5, 0.6) is 0 Å². The molecule has 0 aliphatic carbocycles. The first-order valence-electron chi connectivity index (χ1n) is 4.15. The van der Waals surface area contributed by atoms with Gasteiger partial charge in [-0.15, -0.1) is 0 Å². The van der Waals surface area contributed by atoms with E-state index >= 15 is 0 Å². The Morgan fingerprint density at radius 1 is 1.42 bits per heavy atom. The highest BCUT2D eigenvalue weighted by molar-refractivity contribution is 5.86. The topological polar surface area (TPSA) is 26.3 Å². The van der Waals surface area contributed by atoms with Crippen molar-refractivity contribution in [3.05, 3.63) is 12.2 Å². The van der Waals surface area contributed by atoms with Crippen LogP contribution in [0.15, 0.2) is 12.2 Å². The molecule has 0 saturated carbocycles. The predicted octanol–water partition coefficient (Wildman–Crippen LogP) is 2.54. The molecule has 0 N–H and O–H groups in total. The van der Waals surface area contributed by atoms with Crippen molar-refractivity contribution in [1.29, 1.82) is 0 Å². The summed E-state index contributed by atoms with van der Waals surface area (Å²) in [5.41, 5.74) is 0.680. The first kappa shape index (κ1) is 11.2. The van der Waals surface area contributed by atoms with Gasteiger partial charge in [0.25, 0.3) is 0 Å². The van der Waals surface area contributed by atoms with Crippen molar-refractivity contribution in [2.24, 2.45) is 5.41 Å². The zero-order valence-electron chi connectivity index (χ0n) is 8.44. The van der Waals surface area contributed by atoms with Crippen LogP contribution < -0.4 is 0 Å². The smallest absolute Gasteiger partial charge is 0.333 e. The van der Waals surface area contributed by atoms with Crippen molar-refractivity contribution in [2.45, 2.75) is 34.1 Å². The molecule has 0 aliphatic rings. The number of rotatable bonds is 3. The van der Waals surface area contributed by atoms with E-state index in [0.29, 0.717) is 12.2 Å². The Bertz CT molecular complexity index is 175. The fourth-order valence-corrected chi connectivity index (χ4v) is 0.573. The van der Waals surface area contributed by atoms with Gasteiger partial charge in [-0.3, -0.25) is 0 Å². The molecule has 0 saturated heterocycles. The maximum Gasteiger partial charge on any atom is 0.333 e. The van der Waals surface area contributed by atoms with Gasteiger partial charge in [0.15, 0.2) is 0 Å². The second kappa shape index (κ2) is 4.29. The first-order valence-corrected chi connectivity index (χ1v) is 4.15. The lowest BCUT2D eigenvalue weighted by molar-refractivity contribution is -0.139. The monoisotopic (exact) mass is 170 g/mol. The number of ether oxygens (including phenoxy) is 1. The zero-order chi connectivity index (χ0) is 9.78. The Balaban J connectivity index is 3.58. The lowest BCUT2D eigenvalue weighted by Crippen LogP contribution is -2.13. The Morgan fingerprint density at radius 3 is 2.25 bits per heavy atom. The van der Waals surface area contributed by atoms with Crippen LogP contribution in [0.3, 0.4) is 0 Å². The second-order valence-electron chi connectivity index (χ2n) is 4.23. The van der Waals surface area contributed by atoms with Crippen LogP contribution >= 0.6 is 0 Å². The fraction of sp³-hybridized carbons (Fsp3) is 0.700. The van der Waals surface area contributed by atoms with Crippen molar-refractivity contribution in [2.75, 3.05) is 6.61 Å². The van der Waals surface area contributed by atoms with E-state index in [9.17, 15) is 4.79 Å². The Hall–Kier alpha value is -0.790. The quantitative estimate of drug-likeness (QED) is 0.480. The molecule has 0 aliphatic heterocycles. The highest BCUT2D eigenvalue weighted by Gasteiger charge is 2.11. The van der Waals surface area contributed by atoms with Gasteiger partial charge in [-0.25, -0.2) is 4.79 Å². The minimum Gasteiger partial charge on any atom is -0.462 e. The average molecular weight is 170 g/mol. The molecular formula is C10H18O2. The molecule has 0 rings (SSSR count). The zero-order valence-corrected chi connectivity index (χ0v) is 8.44. The van der Waals surface area contributed by atoms with Crippen LogP contribution in [0.25, 0.3) is 0 Å². The summed E-state index contributed by atoms with van der Waals surface area (Å²) in [7, 11) is 0. The lowest BCUT2D eigenvalue weighted by atomic mass is 9.93. The summed E-state index contributed by atoms with van der Waals surface area (Å²) in [6, 6.07) is 0. The maximum atomic E-state index is 10.9. The van der Waals surface area contributed by atoms with Crippen LogP contribution in [0.1, 0.15) is 34.1 Å². The van der Waals surface area contributed by atoms with Crippen molar-refractivity contribution >= 4 is 5.97 Å². The molecule has 0 aromatic rings. The third-order valence-electron chi connectivity index (χ3n) is 1.43. The number of esters is 1. The van der Waals surface area contributed by atoms with E-state index in [1.165, 1.54) is 0 Å². The Labute approximate surface area is 74.6 Å². The summed E-state index contributed by atoms with van der Waals surface area (Å²) in [6.07, 6.45) is 0.881. The summed E-state index contributed by atoms with van der Waals surface area (Å²) < 4.78 is 4.94.